The van der Waals surface area contributed by atoms with E-state index in [1.165, 1.54) is 6.07 Å². The lowest BCUT2D eigenvalue weighted by molar-refractivity contribution is -0.383. The smallest absolute Gasteiger partial charge is 0.292 e. The van der Waals surface area contributed by atoms with E-state index >= 15 is 0 Å². The highest BCUT2D eigenvalue weighted by atomic mass is 35.5. The molecule has 0 fully saturated rings. The van der Waals surface area contributed by atoms with Gasteiger partial charge in [-0.15, -0.1) is 0 Å². The zero-order chi connectivity index (χ0) is 19.8. The van der Waals surface area contributed by atoms with E-state index in [1.807, 2.05) is 31.1 Å². The number of hydrogen-bond acceptors (Lipinski definition) is 5. The Bertz CT molecular complexity index is 781. The summed E-state index contributed by atoms with van der Waals surface area (Å²) in [5, 5.41) is 14.6. The topological polar surface area (TPSA) is 78.7 Å². The highest BCUT2D eigenvalue weighted by Crippen LogP contribution is 2.23. The molecule has 0 radical (unpaired) electrons. The van der Waals surface area contributed by atoms with E-state index in [0.29, 0.717) is 30.3 Å². The van der Waals surface area contributed by atoms with Crippen LogP contribution >= 0.6 is 11.6 Å². The molecule has 0 aliphatic rings. The third kappa shape index (κ3) is 6.54. The molecule has 27 heavy (non-hydrogen) atoms. The molecular formula is C19H23ClN4O3. The second-order valence-corrected chi connectivity index (χ2v) is 6.81. The number of carbonyl (C=O) groups is 1. The molecule has 7 nitrogen and oxygen atoms in total. The van der Waals surface area contributed by atoms with E-state index in [-0.39, 0.29) is 18.1 Å². The van der Waals surface area contributed by atoms with Gasteiger partial charge in [0.2, 0.25) is 5.91 Å². The maximum atomic E-state index is 12.7. The lowest BCUT2D eigenvalue weighted by atomic mass is 10.2. The monoisotopic (exact) mass is 390 g/mol. The van der Waals surface area contributed by atoms with Gasteiger partial charge in [0, 0.05) is 30.7 Å². The minimum atomic E-state index is -0.468. The van der Waals surface area contributed by atoms with E-state index in [4.69, 9.17) is 11.6 Å². The normalized spacial score (nSPS) is 10.7. The summed E-state index contributed by atoms with van der Waals surface area (Å²) in [6.07, 6.45) is 0. The van der Waals surface area contributed by atoms with Crippen molar-refractivity contribution in [3.8, 4) is 0 Å². The van der Waals surface area contributed by atoms with Crippen LogP contribution in [0.2, 0.25) is 5.02 Å². The molecule has 0 spiro atoms. The summed E-state index contributed by atoms with van der Waals surface area (Å²) in [7, 11) is 3.88. The van der Waals surface area contributed by atoms with Crippen LogP contribution in [0.4, 0.5) is 11.4 Å². The van der Waals surface area contributed by atoms with Gasteiger partial charge in [-0.2, -0.15) is 0 Å². The van der Waals surface area contributed by atoms with Crippen molar-refractivity contribution in [3.05, 3.63) is 69.2 Å². The van der Waals surface area contributed by atoms with E-state index in [9.17, 15) is 14.9 Å². The number of nitro groups is 1. The molecule has 0 unspecified atom stereocenters. The lowest BCUT2D eigenvalue weighted by Crippen LogP contribution is -2.39. The molecule has 2 aromatic carbocycles. The van der Waals surface area contributed by atoms with E-state index in [2.05, 4.69) is 5.32 Å². The minimum Gasteiger partial charge on any atom is -0.371 e. The first-order valence-electron chi connectivity index (χ1n) is 8.51. The zero-order valence-electron chi connectivity index (χ0n) is 15.4. The Morgan fingerprint density at radius 1 is 1.11 bits per heavy atom. The van der Waals surface area contributed by atoms with Gasteiger partial charge in [0.25, 0.3) is 5.69 Å². The largest absolute Gasteiger partial charge is 0.371 e. The van der Waals surface area contributed by atoms with Crippen LogP contribution in [0.25, 0.3) is 0 Å². The summed E-state index contributed by atoms with van der Waals surface area (Å²) in [6, 6.07) is 13.6. The van der Waals surface area contributed by atoms with Crippen LogP contribution < -0.4 is 5.32 Å². The van der Waals surface area contributed by atoms with Gasteiger partial charge >= 0.3 is 0 Å². The van der Waals surface area contributed by atoms with Gasteiger partial charge in [0.1, 0.15) is 5.69 Å². The van der Waals surface area contributed by atoms with Crippen LogP contribution in [0.1, 0.15) is 5.56 Å². The quantitative estimate of drug-likeness (QED) is 0.525. The molecule has 0 saturated heterocycles. The average molecular weight is 391 g/mol. The number of carbonyl (C=O) groups excluding carboxylic acids is 1. The summed E-state index contributed by atoms with van der Waals surface area (Å²) < 4.78 is 0. The molecule has 8 heteroatoms. The molecule has 0 aromatic heterocycles. The van der Waals surface area contributed by atoms with Crippen LogP contribution in [0, 0.1) is 10.1 Å². The number of benzene rings is 2. The standard InChI is InChI=1S/C19H23ClN4O3/c1-22(2)11-12-23(14-15-7-9-16(20)10-8-15)19(25)13-21-17-5-3-4-6-18(17)24(26)27/h3-10,21H,11-14H2,1-2H3. The summed E-state index contributed by atoms with van der Waals surface area (Å²) in [5.74, 6) is -0.134. The zero-order valence-corrected chi connectivity index (χ0v) is 16.1. The molecule has 144 valence electrons. The van der Waals surface area contributed by atoms with Gasteiger partial charge in [-0.25, -0.2) is 0 Å². The first kappa shape index (κ1) is 20.7. The third-order valence-corrected chi connectivity index (χ3v) is 4.24. The molecular weight excluding hydrogens is 368 g/mol. The first-order chi connectivity index (χ1) is 12.9. The number of nitrogens with zero attached hydrogens (tertiary/aromatic N) is 3. The number of hydrogen-bond donors (Lipinski definition) is 1. The summed E-state index contributed by atoms with van der Waals surface area (Å²) in [5.41, 5.74) is 1.25. The van der Waals surface area contributed by atoms with Gasteiger partial charge in [-0.05, 0) is 37.9 Å². The Morgan fingerprint density at radius 3 is 2.41 bits per heavy atom. The number of rotatable bonds is 9. The number of likely N-dealkylation sites (N-methyl/N-ethyl adjacent to an activating group) is 1. The van der Waals surface area contributed by atoms with Crippen molar-refractivity contribution in [1.82, 2.24) is 9.80 Å². The number of amides is 1. The highest BCUT2D eigenvalue weighted by Gasteiger charge is 2.17. The van der Waals surface area contributed by atoms with Crippen LogP contribution in [-0.2, 0) is 11.3 Å². The van der Waals surface area contributed by atoms with Gasteiger partial charge < -0.3 is 15.1 Å². The number of nitrogens with one attached hydrogen (secondary N) is 1. The van der Waals surface area contributed by atoms with Crippen LogP contribution in [0.3, 0.4) is 0 Å². The summed E-state index contributed by atoms with van der Waals surface area (Å²) in [4.78, 5) is 27.1. The second-order valence-electron chi connectivity index (χ2n) is 6.37. The SMILES string of the molecule is CN(C)CCN(Cc1ccc(Cl)cc1)C(=O)CNc1ccccc1[N+](=O)[O-]. The fraction of sp³-hybridized carbons (Fsp3) is 0.316. The Balaban J connectivity index is 2.06. The predicted octanol–water partition coefficient (Wildman–Crippen LogP) is 3.25. The number of para-hydroxylation sites is 2. The van der Waals surface area contributed by atoms with Gasteiger partial charge in [0.05, 0.1) is 11.5 Å². The van der Waals surface area contributed by atoms with E-state index in [0.717, 1.165) is 5.56 Å². The molecule has 2 aromatic rings. The van der Waals surface area contributed by atoms with Crippen LogP contribution in [0.5, 0.6) is 0 Å². The van der Waals surface area contributed by atoms with E-state index in [1.54, 1.807) is 35.2 Å². The summed E-state index contributed by atoms with van der Waals surface area (Å²) >= 11 is 5.92. The predicted molar refractivity (Wildman–Crippen MR) is 107 cm³/mol. The van der Waals surface area contributed by atoms with Crippen molar-refractivity contribution in [3.63, 3.8) is 0 Å². The van der Waals surface area contributed by atoms with E-state index < -0.39 is 4.92 Å². The Kier molecular flexibility index (Phi) is 7.57. The molecule has 0 heterocycles. The first-order valence-corrected chi connectivity index (χ1v) is 8.89. The van der Waals surface area contributed by atoms with Gasteiger partial charge in [-0.3, -0.25) is 14.9 Å². The highest BCUT2D eigenvalue weighted by molar-refractivity contribution is 6.30. The molecule has 2 rings (SSSR count). The molecule has 0 aliphatic carbocycles. The van der Waals surface area contributed by atoms with Crippen LogP contribution in [0.15, 0.2) is 48.5 Å². The maximum Gasteiger partial charge on any atom is 0.292 e. The van der Waals surface area contributed by atoms with Crippen molar-refractivity contribution in [2.75, 3.05) is 39.0 Å². The Hall–Kier alpha value is -2.64. The van der Waals surface area contributed by atoms with Crippen molar-refractivity contribution in [2.45, 2.75) is 6.54 Å². The van der Waals surface area contributed by atoms with Crippen molar-refractivity contribution < 1.29 is 9.72 Å². The number of nitro benzene ring substituents is 1. The Morgan fingerprint density at radius 2 is 1.78 bits per heavy atom. The average Bonchev–Trinajstić information content (AvgIpc) is 2.64. The van der Waals surface area contributed by atoms with Crippen molar-refractivity contribution >= 4 is 28.9 Å². The molecule has 0 aliphatic heterocycles. The van der Waals surface area contributed by atoms with Gasteiger partial charge in [-0.1, -0.05) is 35.9 Å². The number of halogens is 1. The third-order valence-electron chi connectivity index (χ3n) is 3.99. The minimum absolute atomic E-state index is 0.0220. The molecule has 1 amide bonds. The lowest BCUT2D eigenvalue weighted by Gasteiger charge is -2.25. The summed E-state index contributed by atoms with van der Waals surface area (Å²) in [6.45, 7) is 1.69. The second kappa shape index (κ2) is 9.89. The molecule has 0 saturated carbocycles. The molecule has 1 N–H and O–H groups in total. The Labute approximate surface area is 163 Å². The number of anilines is 1. The van der Waals surface area contributed by atoms with Crippen molar-refractivity contribution in [1.29, 1.82) is 0 Å². The fourth-order valence-corrected chi connectivity index (χ4v) is 2.61. The van der Waals surface area contributed by atoms with Gasteiger partial charge in [0.15, 0.2) is 0 Å². The van der Waals surface area contributed by atoms with Crippen molar-refractivity contribution in [2.24, 2.45) is 0 Å². The fourth-order valence-electron chi connectivity index (χ4n) is 2.49. The molecule has 0 atom stereocenters. The van der Waals surface area contributed by atoms with Crippen LogP contribution in [-0.4, -0.2) is 54.4 Å². The molecule has 0 bridgehead atoms. The maximum absolute atomic E-state index is 12.7.